The van der Waals surface area contributed by atoms with Gasteiger partial charge in [0.25, 0.3) is 0 Å². The zero-order chi connectivity index (χ0) is 10.0. The number of hydrogen-bond acceptors (Lipinski definition) is 2. The van der Waals surface area contributed by atoms with Crippen LogP contribution in [0.25, 0.3) is 0 Å². The molecule has 3 nitrogen and oxygen atoms in total. The van der Waals surface area contributed by atoms with Gasteiger partial charge in [-0.2, -0.15) is 0 Å². The van der Waals surface area contributed by atoms with Crippen molar-refractivity contribution in [3.8, 4) is 0 Å². The van der Waals surface area contributed by atoms with E-state index in [-0.39, 0.29) is 17.9 Å². The summed E-state index contributed by atoms with van der Waals surface area (Å²) in [4.78, 5) is 13.6. The second-order valence-electron chi connectivity index (χ2n) is 4.16. The Hall–Kier alpha value is -0.570. The Balaban J connectivity index is 2.44. The van der Waals surface area contributed by atoms with Crippen molar-refractivity contribution in [1.29, 1.82) is 0 Å². The van der Waals surface area contributed by atoms with Crippen LogP contribution in [0, 0.1) is 11.8 Å². The van der Waals surface area contributed by atoms with Crippen LogP contribution in [0.2, 0.25) is 0 Å². The molecule has 1 aliphatic carbocycles. The smallest absolute Gasteiger partial charge is 0.225 e. The second-order valence-corrected chi connectivity index (χ2v) is 4.16. The van der Waals surface area contributed by atoms with E-state index in [4.69, 9.17) is 5.73 Å². The number of rotatable bonds is 4. The Morgan fingerprint density at radius 3 is 2.46 bits per heavy atom. The molecule has 0 aromatic rings. The molecule has 0 saturated heterocycles. The lowest BCUT2D eigenvalue weighted by Gasteiger charge is -2.26. The molecule has 2 unspecified atom stereocenters. The van der Waals surface area contributed by atoms with Crippen LogP contribution >= 0.6 is 0 Å². The molecule has 13 heavy (non-hydrogen) atoms. The van der Waals surface area contributed by atoms with Crippen molar-refractivity contribution in [3.63, 3.8) is 0 Å². The lowest BCUT2D eigenvalue weighted by atomic mass is 10.0. The highest BCUT2D eigenvalue weighted by Gasteiger charge is 2.34. The maximum Gasteiger partial charge on any atom is 0.225 e. The number of carbonyl (C=O) groups excluding carboxylic acids is 1. The van der Waals surface area contributed by atoms with Gasteiger partial charge >= 0.3 is 0 Å². The SMILES string of the molecule is CC(C(=O)N(C)C(C)CN)C1CC1. The average molecular weight is 184 g/mol. The van der Waals surface area contributed by atoms with Crippen LogP contribution < -0.4 is 5.73 Å². The zero-order valence-corrected chi connectivity index (χ0v) is 8.79. The van der Waals surface area contributed by atoms with Gasteiger partial charge in [-0.1, -0.05) is 6.92 Å². The quantitative estimate of drug-likeness (QED) is 0.703. The molecule has 2 atom stereocenters. The average Bonchev–Trinajstić information content (AvgIpc) is 2.96. The molecule has 1 aliphatic rings. The first kappa shape index (κ1) is 10.5. The number of amides is 1. The Morgan fingerprint density at radius 2 is 2.08 bits per heavy atom. The lowest BCUT2D eigenvalue weighted by molar-refractivity contribution is -0.135. The highest BCUT2D eigenvalue weighted by Crippen LogP contribution is 2.37. The van der Waals surface area contributed by atoms with E-state index in [1.54, 1.807) is 4.90 Å². The molecule has 0 bridgehead atoms. The molecule has 1 saturated carbocycles. The van der Waals surface area contributed by atoms with E-state index < -0.39 is 0 Å². The Morgan fingerprint density at radius 1 is 1.54 bits per heavy atom. The fourth-order valence-electron chi connectivity index (χ4n) is 1.49. The molecule has 3 heteroatoms. The molecule has 1 rings (SSSR count). The molecular formula is C10H20N2O. The standard InChI is InChI=1S/C10H20N2O/c1-7(6-11)12(3)10(13)8(2)9-4-5-9/h7-9H,4-6,11H2,1-3H3. The number of nitrogens with two attached hydrogens (primary N) is 1. The van der Waals surface area contributed by atoms with Crippen molar-refractivity contribution in [2.75, 3.05) is 13.6 Å². The van der Waals surface area contributed by atoms with Crippen molar-refractivity contribution in [1.82, 2.24) is 4.90 Å². The first-order chi connectivity index (χ1) is 6.07. The van der Waals surface area contributed by atoms with E-state index in [9.17, 15) is 4.79 Å². The first-order valence-electron chi connectivity index (χ1n) is 5.04. The number of carbonyl (C=O) groups is 1. The number of nitrogens with zero attached hydrogens (tertiary/aromatic N) is 1. The summed E-state index contributed by atoms with van der Waals surface area (Å²) in [6.45, 7) is 4.55. The Kier molecular flexibility index (Phi) is 3.31. The molecule has 2 N–H and O–H groups in total. The maximum absolute atomic E-state index is 11.8. The largest absolute Gasteiger partial charge is 0.342 e. The van der Waals surface area contributed by atoms with E-state index in [2.05, 4.69) is 0 Å². The van der Waals surface area contributed by atoms with Gasteiger partial charge < -0.3 is 10.6 Å². The predicted octanol–water partition coefficient (Wildman–Crippen LogP) is 0.838. The van der Waals surface area contributed by atoms with Crippen molar-refractivity contribution < 1.29 is 4.79 Å². The van der Waals surface area contributed by atoms with Gasteiger partial charge in [-0.25, -0.2) is 0 Å². The molecule has 0 heterocycles. The van der Waals surface area contributed by atoms with Gasteiger partial charge in [0.2, 0.25) is 5.91 Å². The molecule has 0 spiro atoms. The third-order valence-corrected chi connectivity index (χ3v) is 3.07. The van der Waals surface area contributed by atoms with Crippen LogP contribution in [0.5, 0.6) is 0 Å². The summed E-state index contributed by atoms with van der Waals surface area (Å²) in [5, 5.41) is 0. The van der Waals surface area contributed by atoms with Gasteiger partial charge in [0.05, 0.1) is 0 Å². The van der Waals surface area contributed by atoms with E-state index in [1.807, 2.05) is 20.9 Å². The van der Waals surface area contributed by atoms with Crippen LogP contribution in [0.15, 0.2) is 0 Å². The van der Waals surface area contributed by atoms with Crippen LogP contribution in [-0.4, -0.2) is 30.4 Å². The van der Waals surface area contributed by atoms with Gasteiger partial charge in [-0.05, 0) is 25.7 Å². The predicted molar refractivity (Wildman–Crippen MR) is 53.2 cm³/mol. The van der Waals surface area contributed by atoms with Crippen LogP contribution in [0.1, 0.15) is 26.7 Å². The minimum absolute atomic E-state index is 0.161. The van der Waals surface area contributed by atoms with Gasteiger partial charge in [-0.15, -0.1) is 0 Å². The molecular weight excluding hydrogens is 164 g/mol. The molecule has 0 aliphatic heterocycles. The maximum atomic E-state index is 11.8. The summed E-state index contributed by atoms with van der Waals surface area (Å²) in [5.41, 5.74) is 5.51. The third-order valence-electron chi connectivity index (χ3n) is 3.07. The summed E-state index contributed by atoms with van der Waals surface area (Å²) in [5.74, 6) is 1.08. The summed E-state index contributed by atoms with van der Waals surface area (Å²) < 4.78 is 0. The van der Waals surface area contributed by atoms with E-state index in [0.717, 1.165) is 0 Å². The van der Waals surface area contributed by atoms with E-state index in [1.165, 1.54) is 12.8 Å². The topological polar surface area (TPSA) is 46.3 Å². The normalized spacial score (nSPS) is 20.9. The van der Waals surface area contributed by atoms with Gasteiger partial charge in [0.15, 0.2) is 0 Å². The van der Waals surface area contributed by atoms with E-state index in [0.29, 0.717) is 12.5 Å². The van der Waals surface area contributed by atoms with Crippen molar-refractivity contribution >= 4 is 5.91 Å². The molecule has 0 aromatic heterocycles. The number of likely N-dealkylation sites (N-methyl/N-ethyl adjacent to an activating group) is 1. The van der Waals surface area contributed by atoms with Crippen molar-refractivity contribution in [3.05, 3.63) is 0 Å². The molecule has 1 fully saturated rings. The highest BCUT2D eigenvalue weighted by molar-refractivity contribution is 5.79. The zero-order valence-electron chi connectivity index (χ0n) is 8.79. The monoisotopic (exact) mass is 184 g/mol. The van der Waals surface area contributed by atoms with Crippen molar-refractivity contribution in [2.45, 2.75) is 32.7 Å². The summed E-state index contributed by atoms with van der Waals surface area (Å²) >= 11 is 0. The fourth-order valence-corrected chi connectivity index (χ4v) is 1.49. The fraction of sp³-hybridized carbons (Fsp3) is 0.900. The van der Waals surface area contributed by atoms with Crippen molar-refractivity contribution in [2.24, 2.45) is 17.6 Å². The second kappa shape index (κ2) is 4.09. The Bertz CT molecular complexity index is 189. The molecule has 0 aromatic carbocycles. The summed E-state index contributed by atoms with van der Waals surface area (Å²) in [6, 6.07) is 0.161. The van der Waals surface area contributed by atoms with Gasteiger partial charge in [0.1, 0.15) is 0 Å². The first-order valence-corrected chi connectivity index (χ1v) is 5.04. The molecule has 76 valence electrons. The highest BCUT2D eigenvalue weighted by atomic mass is 16.2. The summed E-state index contributed by atoms with van der Waals surface area (Å²) in [7, 11) is 1.85. The molecule has 1 amide bonds. The Labute approximate surface area is 80.3 Å². The van der Waals surface area contributed by atoms with Gasteiger partial charge in [-0.3, -0.25) is 4.79 Å². The summed E-state index contributed by atoms with van der Waals surface area (Å²) in [6.07, 6.45) is 2.44. The lowest BCUT2D eigenvalue weighted by Crippen LogP contribution is -2.42. The van der Waals surface area contributed by atoms with Crippen LogP contribution in [0.3, 0.4) is 0 Å². The molecule has 0 radical (unpaired) electrons. The van der Waals surface area contributed by atoms with Crippen LogP contribution in [-0.2, 0) is 4.79 Å². The minimum atomic E-state index is 0.161. The van der Waals surface area contributed by atoms with Crippen LogP contribution in [0.4, 0.5) is 0 Å². The minimum Gasteiger partial charge on any atom is -0.342 e. The van der Waals surface area contributed by atoms with Gasteiger partial charge in [0, 0.05) is 25.6 Å². The third kappa shape index (κ3) is 2.44. The van der Waals surface area contributed by atoms with E-state index >= 15 is 0 Å². The number of hydrogen-bond donors (Lipinski definition) is 1.